The number of nitrogens with zero attached hydrogens (tertiary/aromatic N) is 1. The maximum absolute atomic E-state index is 14.5. The minimum atomic E-state index is -1.07. The Morgan fingerprint density at radius 1 is 1.00 bits per heavy atom. The Balaban J connectivity index is 2.62. The molecule has 3 amide bonds. The Morgan fingerprint density at radius 2 is 1.66 bits per heavy atom. The molecule has 2 atom stereocenters. The second-order valence-electron chi connectivity index (χ2n) is 12.7. The van der Waals surface area contributed by atoms with E-state index in [1.165, 1.54) is 0 Å². The van der Waals surface area contributed by atoms with E-state index in [2.05, 4.69) is 23.5 Å². The van der Waals surface area contributed by atoms with Crippen molar-refractivity contribution in [2.24, 2.45) is 5.92 Å². The highest BCUT2D eigenvalue weighted by atomic mass is 35.5. The first-order valence-electron chi connectivity index (χ1n) is 15.7. The maximum atomic E-state index is 14.5. The van der Waals surface area contributed by atoms with Crippen molar-refractivity contribution in [3.05, 3.63) is 64.2 Å². The van der Waals surface area contributed by atoms with Crippen LogP contribution in [-0.2, 0) is 14.3 Å². The van der Waals surface area contributed by atoms with Crippen molar-refractivity contribution < 1.29 is 19.1 Å². The third-order valence-electron chi connectivity index (χ3n) is 7.17. The molecule has 0 aliphatic rings. The molecule has 2 aromatic rings. The Hall–Kier alpha value is -3.50. The van der Waals surface area contributed by atoms with E-state index in [9.17, 15) is 14.4 Å². The van der Waals surface area contributed by atoms with E-state index < -0.39 is 29.7 Å². The third-order valence-corrected chi connectivity index (χ3v) is 7.49. The smallest absolute Gasteiger partial charge is 0.408 e. The quantitative estimate of drug-likeness (QED) is 0.154. The number of ether oxygens (including phenoxy) is 1. The zero-order chi connectivity index (χ0) is 32.9. The highest BCUT2D eigenvalue weighted by molar-refractivity contribution is 6.34. The van der Waals surface area contributed by atoms with Crippen LogP contribution < -0.4 is 10.6 Å². The summed E-state index contributed by atoms with van der Waals surface area (Å²) >= 11 is 6.50. The first-order valence-corrected chi connectivity index (χ1v) is 16.1. The molecule has 7 nitrogen and oxygen atoms in total. The average Bonchev–Trinajstić information content (AvgIpc) is 2.94. The van der Waals surface area contributed by atoms with Crippen molar-refractivity contribution in [1.82, 2.24) is 10.2 Å². The van der Waals surface area contributed by atoms with Crippen LogP contribution in [0.3, 0.4) is 0 Å². The topological polar surface area (TPSA) is 87.7 Å². The standard InChI is InChI=1S/C36H50ClN3O4/c1-9-11-12-13-14-17-23-40(34(42)30(24-25(3)4)38-35(43)44-36(6,7)8)32(28-21-16-15-20-27(28)10-2)33(41)39-31-26(5)19-18-22-29(31)37/h2,15-16,18-22,25,30,32H,9,11-14,17,23-24H2,1,3-8H3,(H,38,43)(H,39,41). The van der Waals surface area contributed by atoms with Gasteiger partial charge in [-0.05, 0) is 69.7 Å². The number of terminal acetylenes is 1. The molecule has 0 saturated heterocycles. The van der Waals surface area contributed by atoms with Crippen LogP contribution in [0.1, 0.15) is 109 Å². The summed E-state index contributed by atoms with van der Waals surface area (Å²) in [5.74, 6) is 1.95. The van der Waals surface area contributed by atoms with Crippen LogP contribution in [0.5, 0.6) is 0 Å². The molecule has 240 valence electrons. The van der Waals surface area contributed by atoms with Gasteiger partial charge in [0.1, 0.15) is 17.7 Å². The van der Waals surface area contributed by atoms with Gasteiger partial charge in [-0.15, -0.1) is 6.42 Å². The molecule has 0 radical (unpaired) electrons. The maximum Gasteiger partial charge on any atom is 0.408 e. The van der Waals surface area contributed by atoms with Crippen molar-refractivity contribution in [1.29, 1.82) is 0 Å². The Bertz CT molecular complexity index is 1270. The molecule has 0 saturated carbocycles. The molecule has 44 heavy (non-hydrogen) atoms. The van der Waals surface area contributed by atoms with Gasteiger partial charge >= 0.3 is 6.09 Å². The van der Waals surface area contributed by atoms with E-state index in [1.54, 1.807) is 56.0 Å². The van der Waals surface area contributed by atoms with Crippen LogP contribution in [0.2, 0.25) is 5.02 Å². The SMILES string of the molecule is C#Cc1ccccc1C(C(=O)Nc1c(C)cccc1Cl)N(CCCCCCCC)C(=O)C(CC(C)C)NC(=O)OC(C)(C)C. The lowest BCUT2D eigenvalue weighted by Crippen LogP contribution is -2.53. The number of anilines is 1. The number of carbonyl (C=O) groups excluding carboxylic acids is 3. The van der Waals surface area contributed by atoms with Crippen LogP contribution in [0, 0.1) is 25.2 Å². The predicted molar refractivity (Wildman–Crippen MR) is 180 cm³/mol. The lowest BCUT2D eigenvalue weighted by molar-refractivity contribution is -0.141. The van der Waals surface area contributed by atoms with Crippen molar-refractivity contribution in [3.8, 4) is 12.3 Å². The number of rotatable bonds is 15. The van der Waals surface area contributed by atoms with E-state index in [0.717, 1.165) is 37.7 Å². The molecule has 2 N–H and O–H groups in total. The summed E-state index contributed by atoms with van der Waals surface area (Å²) in [6, 6.07) is 10.5. The van der Waals surface area contributed by atoms with Crippen molar-refractivity contribution in [2.75, 3.05) is 11.9 Å². The van der Waals surface area contributed by atoms with Gasteiger partial charge in [-0.2, -0.15) is 0 Å². The van der Waals surface area contributed by atoms with Crippen molar-refractivity contribution >= 4 is 35.2 Å². The lowest BCUT2D eigenvalue weighted by Gasteiger charge is -2.35. The van der Waals surface area contributed by atoms with E-state index >= 15 is 0 Å². The van der Waals surface area contributed by atoms with Gasteiger partial charge in [0.15, 0.2) is 0 Å². The number of carbonyl (C=O) groups is 3. The highest BCUT2D eigenvalue weighted by Crippen LogP contribution is 2.31. The van der Waals surface area contributed by atoms with Gasteiger partial charge in [-0.3, -0.25) is 9.59 Å². The Labute approximate surface area is 269 Å². The summed E-state index contributed by atoms with van der Waals surface area (Å²) in [5.41, 5.74) is 1.55. The van der Waals surface area contributed by atoms with Crippen LogP contribution in [0.4, 0.5) is 10.5 Å². The molecule has 0 aliphatic heterocycles. The molecule has 0 aliphatic carbocycles. The molecule has 0 aromatic heterocycles. The molecule has 2 unspecified atom stereocenters. The van der Waals surface area contributed by atoms with Gasteiger partial charge in [-0.1, -0.05) is 101 Å². The molecular weight excluding hydrogens is 574 g/mol. The van der Waals surface area contributed by atoms with Crippen LogP contribution in [0.25, 0.3) is 0 Å². The third kappa shape index (κ3) is 11.5. The highest BCUT2D eigenvalue weighted by Gasteiger charge is 2.37. The normalized spacial score (nSPS) is 12.6. The number of halogens is 1. The van der Waals surface area contributed by atoms with Gasteiger partial charge < -0.3 is 20.3 Å². The predicted octanol–water partition coefficient (Wildman–Crippen LogP) is 8.44. The second kappa shape index (κ2) is 17.7. The number of nitrogens with one attached hydrogen (secondary N) is 2. The summed E-state index contributed by atoms with van der Waals surface area (Å²) < 4.78 is 5.51. The number of alkyl carbamates (subject to hydrolysis) is 1. The number of hydrogen-bond acceptors (Lipinski definition) is 4. The lowest BCUT2D eigenvalue weighted by atomic mass is 9.95. The second-order valence-corrected chi connectivity index (χ2v) is 13.1. The number of hydrogen-bond donors (Lipinski definition) is 2. The molecule has 0 bridgehead atoms. The summed E-state index contributed by atoms with van der Waals surface area (Å²) in [6.07, 6.45) is 11.6. The largest absolute Gasteiger partial charge is 0.444 e. The average molecular weight is 624 g/mol. The van der Waals surface area contributed by atoms with Crippen LogP contribution in [-0.4, -0.2) is 41.0 Å². The molecule has 0 spiro atoms. The van der Waals surface area contributed by atoms with Gasteiger partial charge in [0, 0.05) is 12.1 Å². The summed E-state index contributed by atoms with van der Waals surface area (Å²) in [6.45, 7) is 13.6. The number of aryl methyl sites for hydroxylation is 1. The summed E-state index contributed by atoms with van der Waals surface area (Å²) in [5, 5.41) is 6.18. The van der Waals surface area contributed by atoms with Crippen LogP contribution >= 0.6 is 11.6 Å². The first-order chi connectivity index (χ1) is 20.8. The zero-order valence-electron chi connectivity index (χ0n) is 27.5. The molecule has 2 rings (SSSR count). The summed E-state index contributed by atoms with van der Waals surface area (Å²) in [4.78, 5) is 43.3. The fraction of sp³-hybridized carbons (Fsp3) is 0.528. The minimum Gasteiger partial charge on any atom is -0.444 e. The fourth-order valence-electron chi connectivity index (χ4n) is 5.07. The first kappa shape index (κ1) is 36.7. The van der Waals surface area contributed by atoms with Gasteiger partial charge in [0.05, 0.1) is 10.7 Å². The Kier molecular flexibility index (Phi) is 14.8. The molecule has 2 aromatic carbocycles. The van der Waals surface area contributed by atoms with E-state index in [4.69, 9.17) is 22.8 Å². The van der Waals surface area contributed by atoms with Crippen LogP contribution in [0.15, 0.2) is 42.5 Å². The molecule has 8 heteroatoms. The van der Waals surface area contributed by atoms with E-state index in [1.807, 2.05) is 32.9 Å². The summed E-state index contributed by atoms with van der Waals surface area (Å²) in [7, 11) is 0. The zero-order valence-corrected chi connectivity index (χ0v) is 28.2. The van der Waals surface area contributed by atoms with E-state index in [-0.39, 0.29) is 11.8 Å². The number of amides is 3. The van der Waals surface area contributed by atoms with Crippen molar-refractivity contribution in [2.45, 2.75) is 111 Å². The van der Waals surface area contributed by atoms with E-state index in [0.29, 0.717) is 41.2 Å². The minimum absolute atomic E-state index is 0.0748. The number of unbranched alkanes of at least 4 members (excludes halogenated alkanes) is 5. The fourth-order valence-corrected chi connectivity index (χ4v) is 5.34. The molecule has 0 fully saturated rings. The van der Waals surface area contributed by atoms with Gasteiger partial charge in [0.25, 0.3) is 5.91 Å². The molecular formula is C36H50ClN3O4. The van der Waals surface area contributed by atoms with Gasteiger partial charge in [0.2, 0.25) is 5.91 Å². The Morgan fingerprint density at radius 3 is 2.27 bits per heavy atom. The monoisotopic (exact) mass is 623 g/mol. The van der Waals surface area contributed by atoms with Gasteiger partial charge in [-0.25, -0.2) is 4.79 Å². The number of benzene rings is 2. The van der Waals surface area contributed by atoms with Crippen molar-refractivity contribution in [3.63, 3.8) is 0 Å². The molecule has 0 heterocycles. The number of para-hydroxylation sites is 1.